The molecule has 0 bridgehead atoms. The molecule has 0 atom stereocenters. The molecule has 0 aromatic heterocycles. The van der Waals surface area contributed by atoms with Gasteiger partial charge in [0.25, 0.3) is 5.69 Å². The van der Waals surface area contributed by atoms with Crippen LogP contribution >= 0.6 is 0 Å². The molecule has 0 fully saturated rings. The molecular formula is C18H14N4O2. The standard InChI is InChI=1S/C18H14N4O2/c23-22(24)18-14-8-7-13-17(18)19-20-21(15-9-3-1-4-10-15)16-11-5-2-6-12-16/h1-14H. The predicted octanol–water partition coefficient (Wildman–Crippen LogP) is 5.43. The maximum Gasteiger partial charge on any atom is 0.296 e. The Kier molecular flexibility index (Phi) is 4.57. The molecule has 0 heterocycles. The van der Waals surface area contributed by atoms with Gasteiger partial charge < -0.3 is 0 Å². The zero-order valence-electron chi connectivity index (χ0n) is 12.7. The highest BCUT2D eigenvalue weighted by Crippen LogP contribution is 2.30. The van der Waals surface area contributed by atoms with Crippen LogP contribution in [0.1, 0.15) is 0 Å². The van der Waals surface area contributed by atoms with Crippen molar-refractivity contribution in [1.82, 2.24) is 0 Å². The first-order valence-corrected chi connectivity index (χ1v) is 7.31. The van der Waals surface area contributed by atoms with E-state index in [2.05, 4.69) is 10.3 Å². The molecular weight excluding hydrogens is 304 g/mol. The first-order valence-electron chi connectivity index (χ1n) is 7.31. The average Bonchev–Trinajstić information content (AvgIpc) is 2.64. The summed E-state index contributed by atoms with van der Waals surface area (Å²) in [6.45, 7) is 0. The van der Waals surface area contributed by atoms with E-state index in [1.54, 1.807) is 23.2 Å². The molecule has 0 amide bonds. The largest absolute Gasteiger partial charge is 0.296 e. The Labute approximate surface area is 138 Å². The van der Waals surface area contributed by atoms with Gasteiger partial charge in [0.1, 0.15) is 0 Å². The molecule has 6 heteroatoms. The second-order valence-corrected chi connectivity index (χ2v) is 4.92. The van der Waals surface area contributed by atoms with Crippen LogP contribution < -0.4 is 5.01 Å². The van der Waals surface area contributed by atoms with Crippen LogP contribution in [-0.2, 0) is 0 Å². The molecule has 0 saturated heterocycles. The van der Waals surface area contributed by atoms with E-state index in [0.717, 1.165) is 11.4 Å². The van der Waals surface area contributed by atoms with Crippen LogP contribution in [0.5, 0.6) is 0 Å². The fourth-order valence-corrected chi connectivity index (χ4v) is 2.19. The second kappa shape index (κ2) is 7.15. The molecule has 3 aromatic carbocycles. The minimum Gasteiger partial charge on any atom is -0.258 e. The van der Waals surface area contributed by atoms with Crippen molar-refractivity contribution >= 4 is 22.7 Å². The Balaban J connectivity index is 2.01. The summed E-state index contributed by atoms with van der Waals surface area (Å²) in [5.74, 6) is 0. The third-order valence-electron chi connectivity index (χ3n) is 3.32. The predicted molar refractivity (Wildman–Crippen MR) is 92.6 cm³/mol. The number of nitrogens with zero attached hydrogens (tertiary/aromatic N) is 4. The van der Waals surface area contributed by atoms with Gasteiger partial charge in [-0.3, -0.25) is 10.1 Å². The molecule has 0 radical (unpaired) electrons. The van der Waals surface area contributed by atoms with Gasteiger partial charge in [-0.15, -0.1) is 5.11 Å². The van der Waals surface area contributed by atoms with Crippen molar-refractivity contribution < 1.29 is 4.92 Å². The van der Waals surface area contributed by atoms with E-state index < -0.39 is 4.92 Å². The quantitative estimate of drug-likeness (QED) is 0.357. The van der Waals surface area contributed by atoms with E-state index in [-0.39, 0.29) is 11.4 Å². The van der Waals surface area contributed by atoms with Crippen LogP contribution in [0.4, 0.5) is 22.7 Å². The lowest BCUT2D eigenvalue weighted by Gasteiger charge is -2.17. The topological polar surface area (TPSA) is 71.1 Å². The Hall–Kier alpha value is -3.54. The van der Waals surface area contributed by atoms with Gasteiger partial charge in [0.2, 0.25) is 0 Å². The number of anilines is 2. The van der Waals surface area contributed by atoms with E-state index >= 15 is 0 Å². The highest BCUT2D eigenvalue weighted by atomic mass is 16.6. The maximum absolute atomic E-state index is 11.1. The van der Waals surface area contributed by atoms with Crippen molar-refractivity contribution in [2.75, 3.05) is 5.01 Å². The number of nitro groups is 1. The molecule has 0 spiro atoms. The first-order chi connectivity index (χ1) is 11.8. The van der Waals surface area contributed by atoms with Crippen LogP contribution in [0.15, 0.2) is 95.3 Å². The van der Waals surface area contributed by atoms with Crippen molar-refractivity contribution in [3.8, 4) is 0 Å². The molecule has 0 aliphatic carbocycles. The van der Waals surface area contributed by atoms with Crippen LogP contribution in [0.3, 0.4) is 0 Å². The normalized spacial score (nSPS) is 10.7. The summed E-state index contributed by atoms with van der Waals surface area (Å²) in [5, 5.41) is 21.1. The Bertz CT molecular complexity index is 812. The highest BCUT2D eigenvalue weighted by Gasteiger charge is 2.13. The number of benzene rings is 3. The number of para-hydroxylation sites is 3. The molecule has 118 valence electrons. The number of rotatable bonds is 5. The molecule has 0 aliphatic rings. The van der Waals surface area contributed by atoms with Crippen LogP contribution in [0.25, 0.3) is 0 Å². The molecule has 0 N–H and O–H groups in total. The van der Waals surface area contributed by atoms with E-state index in [0.29, 0.717) is 0 Å². The minimum atomic E-state index is -0.469. The summed E-state index contributed by atoms with van der Waals surface area (Å²) >= 11 is 0. The number of hydrogen-bond donors (Lipinski definition) is 0. The van der Waals surface area contributed by atoms with Crippen LogP contribution in [-0.4, -0.2) is 4.92 Å². The van der Waals surface area contributed by atoms with Crippen molar-refractivity contribution in [2.24, 2.45) is 10.3 Å². The Morgan fingerprint density at radius 2 is 1.25 bits per heavy atom. The summed E-state index contributed by atoms with van der Waals surface area (Å²) in [7, 11) is 0. The molecule has 3 aromatic rings. The Morgan fingerprint density at radius 1 is 0.750 bits per heavy atom. The van der Waals surface area contributed by atoms with E-state index in [4.69, 9.17) is 0 Å². The van der Waals surface area contributed by atoms with Gasteiger partial charge >= 0.3 is 0 Å². The lowest BCUT2D eigenvalue weighted by atomic mass is 10.2. The molecule has 3 rings (SSSR count). The van der Waals surface area contributed by atoms with Crippen LogP contribution in [0.2, 0.25) is 0 Å². The smallest absolute Gasteiger partial charge is 0.258 e. The lowest BCUT2D eigenvalue weighted by molar-refractivity contribution is -0.384. The monoisotopic (exact) mass is 318 g/mol. The zero-order chi connectivity index (χ0) is 16.8. The van der Waals surface area contributed by atoms with Gasteiger partial charge in [-0.2, -0.15) is 0 Å². The van der Waals surface area contributed by atoms with Crippen molar-refractivity contribution in [1.29, 1.82) is 0 Å². The van der Waals surface area contributed by atoms with Gasteiger partial charge in [0.15, 0.2) is 5.69 Å². The summed E-state index contributed by atoms with van der Waals surface area (Å²) in [5.41, 5.74) is 1.75. The molecule has 24 heavy (non-hydrogen) atoms. The first kappa shape index (κ1) is 15.4. The summed E-state index contributed by atoms with van der Waals surface area (Å²) in [6.07, 6.45) is 0. The number of nitro benzene ring substituents is 1. The maximum atomic E-state index is 11.1. The number of hydrogen-bond acceptors (Lipinski definition) is 4. The third-order valence-corrected chi connectivity index (χ3v) is 3.32. The van der Waals surface area contributed by atoms with E-state index in [9.17, 15) is 10.1 Å². The van der Waals surface area contributed by atoms with Gasteiger partial charge in [0, 0.05) is 6.07 Å². The average molecular weight is 318 g/mol. The minimum absolute atomic E-state index is 0.0812. The molecule has 6 nitrogen and oxygen atoms in total. The van der Waals surface area contributed by atoms with E-state index in [1.165, 1.54) is 6.07 Å². The highest BCUT2D eigenvalue weighted by molar-refractivity contribution is 5.62. The Morgan fingerprint density at radius 3 is 1.79 bits per heavy atom. The van der Waals surface area contributed by atoms with Crippen molar-refractivity contribution in [3.63, 3.8) is 0 Å². The summed E-state index contributed by atoms with van der Waals surface area (Å²) in [4.78, 5) is 10.6. The van der Waals surface area contributed by atoms with Gasteiger partial charge in [-0.05, 0) is 30.3 Å². The zero-order valence-corrected chi connectivity index (χ0v) is 12.7. The lowest BCUT2D eigenvalue weighted by Crippen LogP contribution is -2.07. The second-order valence-electron chi connectivity index (χ2n) is 4.92. The fourth-order valence-electron chi connectivity index (χ4n) is 2.19. The van der Waals surface area contributed by atoms with Gasteiger partial charge in [-0.25, -0.2) is 5.01 Å². The van der Waals surface area contributed by atoms with Crippen molar-refractivity contribution in [2.45, 2.75) is 0 Å². The van der Waals surface area contributed by atoms with E-state index in [1.807, 2.05) is 60.7 Å². The fraction of sp³-hybridized carbons (Fsp3) is 0. The SMILES string of the molecule is O=[N+]([O-])c1ccccc1N=NN(c1ccccc1)c1ccccc1. The summed E-state index contributed by atoms with van der Waals surface area (Å²) in [6, 6.07) is 25.2. The third kappa shape index (κ3) is 3.44. The van der Waals surface area contributed by atoms with Crippen LogP contribution in [0, 0.1) is 10.1 Å². The van der Waals surface area contributed by atoms with Gasteiger partial charge in [0.05, 0.1) is 16.3 Å². The molecule has 0 aliphatic heterocycles. The van der Waals surface area contributed by atoms with Gasteiger partial charge in [-0.1, -0.05) is 53.8 Å². The molecule has 0 saturated carbocycles. The molecule has 0 unspecified atom stereocenters. The summed E-state index contributed by atoms with van der Waals surface area (Å²) < 4.78 is 0. The van der Waals surface area contributed by atoms with Crippen molar-refractivity contribution in [3.05, 3.63) is 95.0 Å².